The van der Waals surface area contributed by atoms with Gasteiger partial charge < -0.3 is 10.2 Å². The molecule has 0 aliphatic carbocycles. The molecule has 2 N–H and O–H groups in total. The monoisotopic (exact) mass is 246 g/mol. The van der Waals surface area contributed by atoms with Crippen molar-refractivity contribution in [1.82, 2.24) is 0 Å². The average Bonchev–Trinajstić information content (AvgIpc) is 2.78. The van der Waals surface area contributed by atoms with Crippen LogP contribution in [0.2, 0.25) is 0 Å². The maximum Gasteiger partial charge on any atom is 0.189 e. The van der Waals surface area contributed by atoms with Crippen LogP contribution in [0.3, 0.4) is 0 Å². The summed E-state index contributed by atoms with van der Waals surface area (Å²) in [5, 5.41) is 20.5. The number of phenols is 2. The molecule has 0 amide bonds. The van der Waals surface area contributed by atoms with Crippen molar-refractivity contribution in [2.45, 2.75) is 0 Å². The van der Waals surface area contributed by atoms with Crippen molar-refractivity contribution < 1.29 is 15.0 Å². The lowest BCUT2D eigenvalue weighted by Gasteiger charge is -2.00. The number of ketones is 1. The Bertz CT molecular complexity index is 556. The normalized spacial score (nSPS) is 10.8. The third-order valence-electron chi connectivity index (χ3n) is 2.19. The Labute approximate surface area is 102 Å². The zero-order valence-electron chi connectivity index (χ0n) is 8.83. The number of benzene rings is 1. The predicted octanol–water partition coefficient (Wildman–Crippen LogP) is 3.06. The molecule has 2 aromatic rings. The van der Waals surface area contributed by atoms with E-state index in [1.807, 2.05) is 17.5 Å². The Morgan fingerprint density at radius 2 is 2.06 bits per heavy atom. The molecule has 0 bridgehead atoms. The fourth-order valence-corrected chi connectivity index (χ4v) is 1.98. The lowest BCUT2D eigenvalue weighted by molar-refractivity contribution is 0.104. The van der Waals surface area contributed by atoms with E-state index >= 15 is 0 Å². The maximum atomic E-state index is 11.7. The second kappa shape index (κ2) is 4.84. The van der Waals surface area contributed by atoms with Gasteiger partial charge in [0.1, 0.15) is 11.5 Å². The summed E-state index contributed by atoms with van der Waals surface area (Å²) in [7, 11) is 0. The summed E-state index contributed by atoms with van der Waals surface area (Å²) in [6, 6.07) is 7.70. The molecule has 0 aliphatic rings. The second-order valence-corrected chi connectivity index (χ2v) is 4.39. The average molecular weight is 246 g/mol. The Morgan fingerprint density at radius 3 is 2.71 bits per heavy atom. The van der Waals surface area contributed by atoms with Crippen molar-refractivity contribution in [2.24, 2.45) is 0 Å². The zero-order valence-corrected chi connectivity index (χ0v) is 9.65. The zero-order chi connectivity index (χ0) is 12.3. The molecule has 0 unspecified atom stereocenters. The fraction of sp³-hybridized carbons (Fsp3) is 0. The Morgan fingerprint density at radius 1 is 1.24 bits per heavy atom. The van der Waals surface area contributed by atoms with Crippen molar-refractivity contribution >= 4 is 23.2 Å². The van der Waals surface area contributed by atoms with Crippen molar-refractivity contribution in [3.63, 3.8) is 0 Å². The summed E-state index contributed by atoms with van der Waals surface area (Å²) >= 11 is 1.53. The number of rotatable bonds is 3. The van der Waals surface area contributed by atoms with E-state index in [1.165, 1.54) is 29.5 Å². The Kier molecular flexibility index (Phi) is 3.25. The van der Waals surface area contributed by atoms with E-state index in [2.05, 4.69) is 0 Å². The highest BCUT2D eigenvalue weighted by atomic mass is 32.1. The number of phenolic OH excluding ortho intramolecular Hbond substituents is 2. The summed E-state index contributed by atoms with van der Waals surface area (Å²) in [5.74, 6) is -0.581. The summed E-state index contributed by atoms with van der Waals surface area (Å²) in [6.45, 7) is 0. The Hall–Kier alpha value is -2.07. The van der Waals surface area contributed by atoms with Crippen LogP contribution in [0, 0.1) is 0 Å². The largest absolute Gasteiger partial charge is 0.508 e. The standard InChI is InChI=1S/C13H10O3S/c14-9-3-5-11(13(16)8-9)12(15)6-4-10-2-1-7-17-10/h1-8,14,16H/b6-4+. The minimum absolute atomic E-state index is 0.0683. The molecule has 0 spiro atoms. The number of carbonyl (C=O) groups is 1. The minimum atomic E-state index is -0.295. The molecule has 1 heterocycles. The molecule has 0 aliphatic heterocycles. The number of hydrogen-bond donors (Lipinski definition) is 2. The van der Waals surface area contributed by atoms with E-state index in [4.69, 9.17) is 5.11 Å². The summed E-state index contributed by atoms with van der Waals surface area (Å²) in [6.07, 6.45) is 3.09. The van der Waals surface area contributed by atoms with Crippen LogP contribution in [0.15, 0.2) is 41.8 Å². The van der Waals surface area contributed by atoms with Crippen LogP contribution in [-0.2, 0) is 0 Å². The van der Waals surface area contributed by atoms with Crippen LogP contribution < -0.4 is 0 Å². The minimum Gasteiger partial charge on any atom is -0.508 e. The SMILES string of the molecule is O=C(/C=C/c1cccs1)c1ccc(O)cc1O. The van der Waals surface area contributed by atoms with E-state index in [0.29, 0.717) is 0 Å². The first-order valence-corrected chi connectivity index (χ1v) is 5.82. The number of thiophene rings is 1. The van der Waals surface area contributed by atoms with Crippen molar-refractivity contribution in [1.29, 1.82) is 0 Å². The first-order valence-electron chi connectivity index (χ1n) is 4.95. The molecule has 0 saturated carbocycles. The number of allylic oxidation sites excluding steroid dienone is 1. The number of carbonyl (C=O) groups excluding carboxylic acids is 1. The number of hydrogen-bond acceptors (Lipinski definition) is 4. The van der Waals surface area contributed by atoms with Gasteiger partial charge in [-0.1, -0.05) is 6.07 Å². The van der Waals surface area contributed by atoms with Gasteiger partial charge in [0.2, 0.25) is 0 Å². The van der Waals surface area contributed by atoms with Crippen LogP contribution in [0.4, 0.5) is 0 Å². The van der Waals surface area contributed by atoms with Gasteiger partial charge in [-0.05, 0) is 35.7 Å². The highest BCUT2D eigenvalue weighted by Crippen LogP contribution is 2.23. The first kappa shape index (κ1) is 11.4. The molecule has 2 rings (SSSR count). The highest BCUT2D eigenvalue weighted by Gasteiger charge is 2.08. The summed E-state index contributed by atoms with van der Waals surface area (Å²) < 4.78 is 0. The molecule has 0 fully saturated rings. The lowest BCUT2D eigenvalue weighted by atomic mass is 10.1. The Balaban J connectivity index is 2.20. The third kappa shape index (κ3) is 2.73. The van der Waals surface area contributed by atoms with Crippen molar-refractivity contribution in [2.75, 3.05) is 0 Å². The maximum absolute atomic E-state index is 11.7. The quantitative estimate of drug-likeness (QED) is 0.646. The summed E-state index contributed by atoms with van der Waals surface area (Å²) in [4.78, 5) is 12.7. The van der Waals surface area contributed by atoms with Gasteiger partial charge in [-0.3, -0.25) is 4.79 Å². The molecule has 4 heteroatoms. The topological polar surface area (TPSA) is 57.5 Å². The van der Waals surface area contributed by atoms with E-state index in [9.17, 15) is 9.90 Å². The molecule has 1 aromatic carbocycles. The van der Waals surface area contributed by atoms with Gasteiger partial charge in [-0.15, -0.1) is 11.3 Å². The summed E-state index contributed by atoms with van der Waals surface area (Å²) in [5.41, 5.74) is 0.176. The van der Waals surface area contributed by atoms with E-state index in [1.54, 1.807) is 6.08 Å². The van der Waals surface area contributed by atoms with Gasteiger partial charge >= 0.3 is 0 Å². The molecule has 0 saturated heterocycles. The third-order valence-corrected chi connectivity index (χ3v) is 3.03. The van der Waals surface area contributed by atoms with Crippen molar-refractivity contribution in [3.05, 3.63) is 52.2 Å². The molecular weight excluding hydrogens is 236 g/mol. The highest BCUT2D eigenvalue weighted by molar-refractivity contribution is 7.10. The van der Waals surface area contributed by atoms with Crippen LogP contribution in [0.1, 0.15) is 15.2 Å². The van der Waals surface area contributed by atoms with Gasteiger partial charge in [0, 0.05) is 10.9 Å². The smallest absolute Gasteiger partial charge is 0.189 e. The lowest BCUT2D eigenvalue weighted by Crippen LogP contribution is -1.94. The second-order valence-electron chi connectivity index (χ2n) is 3.41. The van der Waals surface area contributed by atoms with Gasteiger partial charge in [-0.25, -0.2) is 0 Å². The molecule has 3 nitrogen and oxygen atoms in total. The molecule has 86 valence electrons. The van der Waals surface area contributed by atoms with E-state index < -0.39 is 0 Å². The van der Waals surface area contributed by atoms with Crippen molar-refractivity contribution in [3.8, 4) is 11.5 Å². The van der Waals surface area contributed by atoms with Gasteiger partial charge in [0.25, 0.3) is 0 Å². The molecule has 0 radical (unpaired) electrons. The molecule has 0 atom stereocenters. The van der Waals surface area contributed by atoms with Gasteiger partial charge in [0.05, 0.1) is 5.56 Å². The predicted molar refractivity (Wildman–Crippen MR) is 67.5 cm³/mol. The first-order chi connectivity index (χ1) is 8.16. The number of aromatic hydroxyl groups is 2. The fourth-order valence-electron chi connectivity index (χ4n) is 1.36. The van der Waals surface area contributed by atoms with Gasteiger partial charge in [-0.2, -0.15) is 0 Å². The van der Waals surface area contributed by atoms with E-state index in [0.717, 1.165) is 10.9 Å². The molecule has 17 heavy (non-hydrogen) atoms. The van der Waals surface area contributed by atoms with E-state index in [-0.39, 0.29) is 22.8 Å². The van der Waals surface area contributed by atoms with Crippen LogP contribution in [-0.4, -0.2) is 16.0 Å². The van der Waals surface area contributed by atoms with Gasteiger partial charge in [0.15, 0.2) is 5.78 Å². The molecule has 1 aromatic heterocycles. The van der Waals surface area contributed by atoms with Crippen LogP contribution >= 0.6 is 11.3 Å². The molecular formula is C13H10O3S. The van der Waals surface area contributed by atoms with Crippen LogP contribution in [0.25, 0.3) is 6.08 Å². The van der Waals surface area contributed by atoms with Crippen LogP contribution in [0.5, 0.6) is 11.5 Å².